The maximum atomic E-state index is 11.6. The van der Waals surface area contributed by atoms with Crippen molar-refractivity contribution < 1.29 is 4.74 Å². The minimum atomic E-state index is -0.416. The average molecular weight is 325 g/mol. The molecule has 110 valence electrons. The summed E-state index contributed by atoms with van der Waals surface area (Å²) in [6.07, 6.45) is 2.62. The second kappa shape index (κ2) is 6.64. The Balaban J connectivity index is 2.28. The van der Waals surface area contributed by atoms with Crippen LogP contribution in [-0.2, 0) is 0 Å². The van der Waals surface area contributed by atoms with E-state index in [1.54, 1.807) is 18.2 Å². The first-order valence-electron chi connectivity index (χ1n) is 6.14. The van der Waals surface area contributed by atoms with Crippen molar-refractivity contribution in [2.75, 3.05) is 0 Å². The van der Waals surface area contributed by atoms with Crippen molar-refractivity contribution >= 4 is 30.0 Å². The molecule has 6 nitrogen and oxygen atoms in total. The van der Waals surface area contributed by atoms with Crippen LogP contribution in [0.25, 0.3) is 0 Å². The highest BCUT2D eigenvalue weighted by Gasteiger charge is 2.04. The van der Waals surface area contributed by atoms with Gasteiger partial charge in [-0.3, -0.25) is 9.89 Å². The van der Waals surface area contributed by atoms with Gasteiger partial charge in [0.05, 0.1) is 17.3 Å². The quantitative estimate of drug-likeness (QED) is 0.693. The number of nitrogens with one attached hydrogen (secondary N) is 1. The largest absolute Gasteiger partial charge is 0.489 e. The Labute approximate surface area is 131 Å². The molecule has 0 aliphatic heterocycles. The van der Waals surface area contributed by atoms with Gasteiger partial charge in [-0.05, 0) is 49.8 Å². The van der Waals surface area contributed by atoms with Gasteiger partial charge in [0.1, 0.15) is 11.9 Å². The molecule has 0 unspecified atom stereocenters. The van der Waals surface area contributed by atoms with Crippen LogP contribution in [0.4, 0.5) is 0 Å². The molecular formula is C13H13ClN4O2S. The molecule has 2 aromatic rings. The molecule has 0 spiro atoms. The lowest BCUT2D eigenvalue weighted by atomic mass is 10.2. The van der Waals surface area contributed by atoms with Gasteiger partial charge >= 0.3 is 0 Å². The Hall–Kier alpha value is -1.99. The van der Waals surface area contributed by atoms with Crippen LogP contribution in [0.3, 0.4) is 0 Å². The third kappa shape index (κ3) is 3.99. The van der Waals surface area contributed by atoms with Crippen LogP contribution in [0.5, 0.6) is 5.75 Å². The maximum absolute atomic E-state index is 11.6. The van der Waals surface area contributed by atoms with E-state index in [2.05, 4.69) is 15.3 Å². The number of hydrogen-bond acceptors (Lipinski definition) is 5. The summed E-state index contributed by atoms with van der Waals surface area (Å²) in [7, 11) is 0. The third-order valence-corrected chi connectivity index (χ3v) is 2.94. The van der Waals surface area contributed by atoms with Crippen molar-refractivity contribution in [3.63, 3.8) is 0 Å². The Morgan fingerprint density at radius 3 is 2.90 bits per heavy atom. The van der Waals surface area contributed by atoms with E-state index in [1.165, 1.54) is 6.21 Å². The maximum Gasteiger partial charge on any atom is 0.293 e. The SMILES string of the molecule is CC(C)Oc1ccc(/C=N\n2c(=O)cn[nH]c2=S)cc1Cl. The Morgan fingerprint density at radius 2 is 2.29 bits per heavy atom. The normalized spacial score (nSPS) is 11.2. The first-order valence-corrected chi connectivity index (χ1v) is 6.93. The molecule has 0 bridgehead atoms. The first-order chi connectivity index (χ1) is 9.97. The molecule has 0 fully saturated rings. The molecule has 0 aliphatic carbocycles. The fraction of sp³-hybridized carbons (Fsp3) is 0.231. The van der Waals surface area contributed by atoms with Crippen LogP contribution in [0.1, 0.15) is 19.4 Å². The summed E-state index contributed by atoms with van der Waals surface area (Å²) in [5, 5.41) is 10.5. The van der Waals surface area contributed by atoms with Crippen molar-refractivity contribution in [1.82, 2.24) is 14.9 Å². The summed E-state index contributed by atoms with van der Waals surface area (Å²) in [5.41, 5.74) is 0.301. The molecule has 0 saturated carbocycles. The van der Waals surface area contributed by atoms with E-state index in [4.69, 9.17) is 28.6 Å². The number of aromatic amines is 1. The van der Waals surface area contributed by atoms with E-state index in [0.717, 1.165) is 10.9 Å². The van der Waals surface area contributed by atoms with Crippen molar-refractivity contribution in [3.8, 4) is 5.75 Å². The summed E-state index contributed by atoms with van der Waals surface area (Å²) in [6, 6.07) is 5.23. The summed E-state index contributed by atoms with van der Waals surface area (Å²) >= 11 is 11.1. The second-order valence-electron chi connectivity index (χ2n) is 4.43. The molecule has 0 amide bonds. The Morgan fingerprint density at radius 1 is 1.52 bits per heavy atom. The zero-order valence-corrected chi connectivity index (χ0v) is 13.0. The van der Waals surface area contributed by atoms with Gasteiger partial charge in [-0.25, -0.2) is 0 Å². The van der Waals surface area contributed by atoms with Gasteiger partial charge in [0.2, 0.25) is 4.77 Å². The summed E-state index contributed by atoms with van der Waals surface area (Å²) < 4.78 is 6.69. The smallest absolute Gasteiger partial charge is 0.293 e. The van der Waals surface area contributed by atoms with E-state index in [1.807, 2.05) is 13.8 Å². The van der Waals surface area contributed by atoms with Gasteiger partial charge in [-0.2, -0.15) is 14.9 Å². The van der Waals surface area contributed by atoms with E-state index in [9.17, 15) is 4.79 Å². The van der Waals surface area contributed by atoms with Crippen molar-refractivity contribution in [1.29, 1.82) is 0 Å². The van der Waals surface area contributed by atoms with Gasteiger partial charge in [-0.15, -0.1) is 0 Å². The minimum Gasteiger partial charge on any atom is -0.489 e. The predicted molar refractivity (Wildman–Crippen MR) is 83.9 cm³/mol. The molecule has 1 heterocycles. The van der Waals surface area contributed by atoms with Crippen LogP contribution in [0.15, 0.2) is 34.3 Å². The van der Waals surface area contributed by atoms with Crippen LogP contribution in [0, 0.1) is 4.77 Å². The lowest BCUT2D eigenvalue weighted by molar-refractivity contribution is 0.242. The number of nitrogens with zero attached hydrogens (tertiary/aromatic N) is 3. The van der Waals surface area contributed by atoms with Crippen molar-refractivity contribution in [2.24, 2.45) is 5.10 Å². The summed E-state index contributed by atoms with van der Waals surface area (Å²) in [5.74, 6) is 0.599. The molecule has 2 rings (SSSR count). The molecule has 0 saturated heterocycles. The summed E-state index contributed by atoms with van der Waals surface area (Å²) in [4.78, 5) is 11.6. The molecule has 8 heteroatoms. The number of rotatable bonds is 4. The zero-order valence-electron chi connectivity index (χ0n) is 11.4. The molecule has 0 radical (unpaired) electrons. The van der Waals surface area contributed by atoms with Crippen molar-refractivity contribution in [3.05, 3.63) is 50.1 Å². The molecule has 0 aliphatic rings. The number of H-pyrrole nitrogens is 1. The van der Waals surface area contributed by atoms with Crippen LogP contribution in [-0.4, -0.2) is 27.2 Å². The third-order valence-electron chi connectivity index (χ3n) is 2.38. The average Bonchev–Trinajstić information content (AvgIpc) is 2.41. The first kappa shape index (κ1) is 15.4. The standard InChI is InChI=1S/C13H13ClN4O2S/c1-8(2)20-11-4-3-9(5-10(11)14)6-16-18-12(19)7-15-17-13(18)21/h3-8H,1-2H3,(H,17,21)/b16-6-. The Bertz CT molecular complexity index is 754. The Kier molecular flexibility index (Phi) is 4.87. The van der Waals surface area contributed by atoms with Gasteiger partial charge in [-0.1, -0.05) is 11.6 Å². The molecule has 1 aromatic carbocycles. The van der Waals surface area contributed by atoms with E-state index in [0.29, 0.717) is 16.3 Å². The number of ether oxygens (including phenoxy) is 1. The predicted octanol–water partition coefficient (Wildman–Crippen LogP) is 2.62. The van der Waals surface area contributed by atoms with Crippen LogP contribution < -0.4 is 10.3 Å². The van der Waals surface area contributed by atoms with E-state index < -0.39 is 5.56 Å². The molecular weight excluding hydrogens is 312 g/mol. The van der Waals surface area contributed by atoms with Gasteiger partial charge in [0.15, 0.2) is 0 Å². The molecule has 1 N–H and O–H groups in total. The molecule has 1 aromatic heterocycles. The molecule has 0 atom stereocenters. The van der Waals surface area contributed by atoms with Gasteiger partial charge in [0.25, 0.3) is 5.56 Å². The van der Waals surface area contributed by atoms with Crippen LogP contribution in [0.2, 0.25) is 5.02 Å². The second-order valence-corrected chi connectivity index (χ2v) is 5.22. The lowest BCUT2D eigenvalue weighted by Crippen LogP contribution is -2.18. The van der Waals surface area contributed by atoms with E-state index in [-0.39, 0.29) is 10.9 Å². The summed E-state index contributed by atoms with van der Waals surface area (Å²) in [6.45, 7) is 3.84. The highest BCUT2D eigenvalue weighted by molar-refractivity contribution is 7.71. The number of halogens is 1. The number of aromatic nitrogens is 3. The number of benzene rings is 1. The van der Waals surface area contributed by atoms with Gasteiger partial charge < -0.3 is 4.74 Å². The highest BCUT2D eigenvalue weighted by atomic mass is 35.5. The zero-order chi connectivity index (χ0) is 15.4. The molecule has 21 heavy (non-hydrogen) atoms. The monoisotopic (exact) mass is 324 g/mol. The fourth-order valence-corrected chi connectivity index (χ4v) is 1.95. The fourth-order valence-electron chi connectivity index (χ4n) is 1.53. The number of hydrogen-bond donors (Lipinski definition) is 1. The van der Waals surface area contributed by atoms with Crippen molar-refractivity contribution in [2.45, 2.75) is 20.0 Å². The minimum absolute atomic E-state index is 0.0377. The lowest BCUT2D eigenvalue weighted by Gasteiger charge is -2.11. The van der Waals surface area contributed by atoms with E-state index >= 15 is 0 Å². The highest BCUT2D eigenvalue weighted by Crippen LogP contribution is 2.25. The topological polar surface area (TPSA) is 72.3 Å². The van der Waals surface area contributed by atoms with Crippen LogP contribution >= 0.6 is 23.8 Å². The van der Waals surface area contributed by atoms with Gasteiger partial charge in [0, 0.05) is 0 Å².